The number of rotatable bonds is 4. The summed E-state index contributed by atoms with van der Waals surface area (Å²) in [5.41, 5.74) is 2.37. The molecule has 1 aliphatic heterocycles. The van der Waals surface area contributed by atoms with Crippen molar-refractivity contribution in [2.24, 2.45) is 5.92 Å². The second-order valence-corrected chi connectivity index (χ2v) is 7.85. The fraction of sp³-hybridized carbons (Fsp3) is 0.632. The minimum Gasteiger partial charge on any atom is -0.381 e. The third kappa shape index (κ3) is 3.05. The van der Waals surface area contributed by atoms with Gasteiger partial charge < -0.3 is 10.1 Å². The molecule has 22 heavy (non-hydrogen) atoms. The molecule has 0 bridgehead atoms. The third-order valence-electron chi connectivity index (χ3n) is 5.06. The van der Waals surface area contributed by atoms with Gasteiger partial charge in [-0.1, -0.05) is 45.0 Å². The Hall–Kier alpha value is -1.35. The Bertz CT molecular complexity index is 532. The van der Waals surface area contributed by atoms with Gasteiger partial charge >= 0.3 is 0 Å². The molecule has 0 radical (unpaired) electrons. The first-order valence-corrected chi connectivity index (χ1v) is 8.39. The largest absolute Gasteiger partial charge is 0.381 e. The van der Waals surface area contributed by atoms with Gasteiger partial charge in [-0.05, 0) is 35.8 Å². The van der Waals surface area contributed by atoms with Crippen molar-refractivity contribution in [3.8, 4) is 0 Å². The quantitative estimate of drug-likeness (QED) is 0.927. The van der Waals surface area contributed by atoms with E-state index in [0.29, 0.717) is 5.92 Å². The number of carbonyl (C=O) groups is 1. The normalized spacial score (nSPS) is 23.3. The fourth-order valence-electron chi connectivity index (χ4n) is 3.21. The molecule has 1 aromatic carbocycles. The van der Waals surface area contributed by atoms with E-state index in [-0.39, 0.29) is 16.7 Å². The second kappa shape index (κ2) is 5.69. The van der Waals surface area contributed by atoms with Gasteiger partial charge in [0, 0.05) is 19.1 Å². The summed E-state index contributed by atoms with van der Waals surface area (Å²) in [4.78, 5) is 12.6. The van der Waals surface area contributed by atoms with Crippen molar-refractivity contribution in [2.75, 3.05) is 19.8 Å². The summed E-state index contributed by atoms with van der Waals surface area (Å²) >= 11 is 0. The number of ether oxygens (including phenoxy) is 1. The Morgan fingerprint density at radius 3 is 2.45 bits per heavy atom. The van der Waals surface area contributed by atoms with Gasteiger partial charge in [0.15, 0.2) is 0 Å². The molecule has 0 spiro atoms. The molecule has 0 aromatic heterocycles. The van der Waals surface area contributed by atoms with E-state index in [9.17, 15) is 4.79 Å². The molecule has 1 amide bonds. The van der Waals surface area contributed by atoms with Crippen LogP contribution in [0.25, 0.3) is 0 Å². The van der Waals surface area contributed by atoms with Crippen molar-refractivity contribution in [2.45, 2.75) is 50.9 Å². The molecule has 1 aromatic rings. The number of carbonyl (C=O) groups excluding carboxylic acids is 1. The van der Waals surface area contributed by atoms with E-state index in [2.05, 4.69) is 50.4 Å². The first kappa shape index (κ1) is 15.5. The number of amides is 1. The lowest BCUT2D eigenvalue weighted by molar-refractivity contribution is -0.123. The van der Waals surface area contributed by atoms with Crippen LogP contribution in [0.3, 0.4) is 0 Å². The summed E-state index contributed by atoms with van der Waals surface area (Å²) in [5.74, 6) is 0.686. The maximum absolute atomic E-state index is 12.6. The Kier molecular flexibility index (Phi) is 4.02. The van der Waals surface area contributed by atoms with E-state index in [0.717, 1.165) is 39.0 Å². The fourth-order valence-corrected chi connectivity index (χ4v) is 3.21. The minimum atomic E-state index is -0.268. The zero-order valence-electron chi connectivity index (χ0n) is 13.9. The standard InChI is InChI=1S/C19H27NO2/c1-18(2,3)15-4-6-16(7-5-15)19(9-10-19)17(21)20-12-14-8-11-22-13-14/h4-7,14H,8-13H2,1-3H3,(H,20,21)/t14-/m1/s1. The third-order valence-corrected chi connectivity index (χ3v) is 5.06. The topological polar surface area (TPSA) is 38.3 Å². The molecule has 1 aliphatic carbocycles. The monoisotopic (exact) mass is 301 g/mol. The molecule has 1 saturated carbocycles. The number of hydrogen-bond acceptors (Lipinski definition) is 2. The van der Waals surface area contributed by atoms with Crippen molar-refractivity contribution in [3.05, 3.63) is 35.4 Å². The van der Waals surface area contributed by atoms with Crippen molar-refractivity contribution in [3.63, 3.8) is 0 Å². The lowest BCUT2D eigenvalue weighted by Gasteiger charge is -2.21. The zero-order chi connectivity index (χ0) is 15.8. The van der Waals surface area contributed by atoms with Gasteiger partial charge in [-0.3, -0.25) is 4.79 Å². The summed E-state index contributed by atoms with van der Waals surface area (Å²) in [6.07, 6.45) is 3.00. The molecule has 3 rings (SSSR count). The molecule has 1 saturated heterocycles. The van der Waals surface area contributed by atoms with E-state index in [1.807, 2.05) is 0 Å². The average molecular weight is 301 g/mol. The van der Waals surface area contributed by atoms with Crippen molar-refractivity contribution in [1.82, 2.24) is 5.32 Å². The van der Waals surface area contributed by atoms with Crippen LogP contribution in [0.1, 0.15) is 51.2 Å². The van der Waals surface area contributed by atoms with E-state index < -0.39 is 0 Å². The van der Waals surface area contributed by atoms with Crippen LogP contribution in [0.5, 0.6) is 0 Å². The van der Waals surface area contributed by atoms with Crippen LogP contribution in [0.15, 0.2) is 24.3 Å². The smallest absolute Gasteiger partial charge is 0.230 e. The van der Waals surface area contributed by atoms with Crippen LogP contribution in [-0.2, 0) is 20.4 Å². The molecule has 0 unspecified atom stereocenters. The summed E-state index contributed by atoms with van der Waals surface area (Å²) in [7, 11) is 0. The molecule has 120 valence electrons. The molecule has 3 nitrogen and oxygen atoms in total. The lowest BCUT2D eigenvalue weighted by atomic mass is 9.85. The lowest BCUT2D eigenvalue weighted by Crippen LogP contribution is -2.37. The van der Waals surface area contributed by atoms with E-state index in [1.54, 1.807) is 0 Å². The van der Waals surface area contributed by atoms with E-state index in [1.165, 1.54) is 11.1 Å². The highest BCUT2D eigenvalue weighted by molar-refractivity contribution is 5.91. The molecule has 1 atom stereocenters. The molecule has 2 fully saturated rings. The van der Waals surface area contributed by atoms with Crippen molar-refractivity contribution < 1.29 is 9.53 Å². The maximum atomic E-state index is 12.6. The molecule has 1 N–H and O–H groups in total. The Morgan fingerprint density at radius 2 is 1.95 bits per heavy atom. The van der Waals surface area contributed by atoms with Crippen LogP contribution in [0.2, 0.25) is 0 Å². The average Bonchev–Trinajstić information content (AvgIpc) is 3.14. The highest BCUT2D eigenvalue weighted by Crippen LogP contribution is 2.48. The molecular formula is C19H27NO2. The van der Waals surface area contributed by atoms with Crippen LogP contribution in [0.4, 0.5) is 0 Å². The van der Waals surface area contributed by atoms with Gasteiger partial charge in [0.1, 0.15) is 0 Å². The van der Waals surface area contributed by atoms with Crippen LogP contribution < -0.4 is 5.32 Å². The molecular weight excluding hydrogens is 274 g/mol. The predicted molar refractivity (Wildman–Crippen MR) is 88.0 cm³/mol. The Labute approximate surface area is 133 Å². The molecule has 2 aliphatic rings. The van der Waals surface area contributed by atoms with Crippen LogP contribution >= 0.6 is 0 Å². The predicted octanol–water partition coefficient (Wildman–Crippen LogP) is 3.17. The van der Waals surface area contributed by atoms with Gasteiger partial charge in [0.25, 0.3) is 0 Å². The number of hydrogen-bond donors (Lipinski definition) is 1. The summed E-state index contributed by atoms with van der Waals surface area (Å²) in [6, 6.07) is 8.64. The number of benzene rings is 1. The summed E-state index contributed by atoms with van der Waals surface area (Å²) in [6.45, 7) is 9.01. The maximum Gasteiger partial charge on any atom is 0.230 e. The van der Waals surface area contributed by atoms with Gasteiger partial charge in [0.05, 0.1) is 12.0 Å². The van der Waals surface area contributed by atoms with Crippen LogP contribution in [0, 0.1) is 5.92 Å². The highest BCUT2D eigenvalue weighted by atomic mass is 16.5. The van der Waals surface area contributed by atoms with Crippen molar-refractivity contribution >= 4 is 5.91 Å². The van der Waals surface area contributed by atoms with Gasteiger partial charge in [-0.15, -0.1) is 0 Å². The highest BCUT2D eigenvalue weighted by Gasteiger charge is 2.51. The summed E-state index contributed by atoms with van der Waals surface area (Å²) < 4.78 is 5.37. The van der Waals surface area contributed by atoms with Gasteiger partial charge in [-0.25, -0.2) is 0 Å². The van der Waals surface area contributed by atoms with Gasteiger partial charge in [0.2, 0.25) is 5.91 Å². The van der Waals surface area contributed by atoms with E-state index in [4.69, 9.17) is 4.74 Å². The molecule has 1 heterocycles. The van der Waals surface area contributed by atoms with E-state index >= 15 is 0 Å². The van der Waals surface area contributed by atoms with Crippen molar-refractivity contribution in [1.29, 1.82) is 0 Å². The minimum absolute atomic E-state index is 0.153. The first-order valence-electron chi connectivity index (χ1n) is 8.39. The zero-order valence-corrected chi connectivity index (χ0v) is 13.9. The SMILES string of the molecule is CC(C)(C)c1ccc(C2(C(=O)NC[C@H]3CCOC3)CC2)cc1. The summed E-state index contributed by atoms with van der Waals surface area (Å²) in [5, 5.41) is 3.15. The Morgan fingerprint density at radius 1 is 1.27 bits per heavy atom. The first-order chi connectivity index (χ1) is 10.4. The molecule has 3 heteroatoms. The Balaban J connectivity index is 1.66. The number of nitrogens with one attached hydrogen (secondary N) is 1. The second-order valence-electron chi connectivity index (χ2n) is 7.85. The van der Waals surface area contributed by atoms with Crippen LogP contribution in [-0.4, -0.2) is 25.7 Å². The van der Waals surface area contributed by atoms with Gasteiger partial charge in [-0.2, -0.15) is 0 Å².